The van der Waals surface area contributed by atoms with Crippen molar-refractivity contribution < 1.29 is 23.6 Å². The number of halogens is 2. The van der Waals surface area contributed by atoms with E-state index in [0.29, 0.717) is 0 Å². The molecule has 0 aliphatic rings. The van der Waals surface area contributed by atoms with Crippen LogP contribution in [-0.4, -0.2) is 22.5 Å². The molecule has 0 saturated heterocycles. The number of nitrogens with zero attached hydrogens (tertiary/aromatic N) is 1. The van der Waals surface area contributed by atoms with Gasteiger partial charge in [-0.3, -0.25) is 14.9 Å². The van der Waals surface area contributed by atoms with Crippen LogP contribution in [0.15, 0.2) is 18.2 Å². The molecule has 2 N–H and O–H groups in total. The zero-order valence-electron chi connectivity index (χ0n) is 10.9. The topological polar surface area (TPSA) is 92.5 Å². The predicted molar refractivity (Wildman–Crippen MR) is 68.0 cm³/mol. The summed E-state index contributed by atoms with van der Waals surface area (Å²) in [6, 6.07) is 3.01. The van der Waals surface area contributed by atoms with Crippen LogP contribution >= 0.6 is 0 Å². The number of non-ortho nitro benzene ring substituents is 1. The standard InChI is InChI=1S/C12H14F2N2O4/c1-12(2,11(17)18)6-15-9-4-3-7(16(19)20)5-8(9)10(13)14/h3-5,10,15H,6H2,1-2H3,(H,17,18). The molecule has 0 aliphatic carbocycles. The van der Waals surface area contributed by atoms with Crippen LogP contribution in [0, 0.1) is 15.5 Å². The zero-order valence-corrected chi connectivity index (χ0v) is 10.9. The molecular weight excluding hydrogens is 274 g/mol. The minimum atomic E-state index is -2.90. The highest BCUT2D eigenvalue weighted by Crippen LogP contribution is 2.31. The molecule has 110 valence electrons. The van der Waals surface area contributed by atoms with Gasteiger partial charge in [-0.05, 0) is 19.9 Å². The summed E-state index contributed by atoms with van der Waals surface area (Å²) in [4.78, 5) is 20.7. The van der Waals surface area contributed by atoms with E-state index in [1.165, 1.54) is 13.8 Å². The number of nitro benzene ring substituents is 1. The van der Waals surface area contributed by atoms with Crippen molar-refractivity contribution in [2.24, 2.45) is 5.41 Å². The average Bonchev–Trinajstić information content (AvgIpc) is 2.35. The number of carbonyl (C=O) groups is 1. The van der Waals surface area contributed by atoms with Crippen molar-refractivity contribution >= 4 is 17.3 Å². The Morgan fingerprint density at radius 1 is 1.50 bits per heavy atom. The third-order valence-electron chi connectivity index (χ3n) is 2.78. The van der Waals surface area contributed by atoms with Gasteiger partial charge in [0.2, 0.25) is 0 Å². The Morgan fingerprint density at radius 3 is 2.55 bits per heavy atom. The summed E-state index contributed by atoms with van der Waals surface area (Å²) < 4.78 is 25.7. The van der Waals surface area contributed by atoms with Gasteiger partial charge in [-0.1, -0.05) is 0 Å². The number of rotatable bonds is 6. The number of benzene rings is 1. The highest BCUT2D eigenvalue weighted by molar-refractivity contribution is 5.74. The maximum atomic E-state index is 12.9. The van der Waals surface area contributed by atoms with E-state index in [4.69, 9.17) is 5.11 Å². The molecule has 1 aromatic rings. The number of alkyl halides is 2. The van der Waals surface area contributed by atoms with Crippen LogP contribution < -0.4 is 5.32 Å². The number of nitro groups is 1. The van der Waals surface area contributed by atoms with Crippen LogP contribution in [0.5, 0.6) is 0 Å². The molecule has 1 aromatic carbocycles. The molecule has 0 spiro atoms. The van der Waals surface area contributed by atoms with Crippen molar-refractivity contribution in [2.75, 3.05) is 11.9 Å². The number of nitrogens with one attached hydrogen (secondary N) is 1. The second kappa shape index (κ2) is 5.81. The SMILES string of the molecule is CC(C)(CNc1ccc([N+](=O)[O-])cc1C(F)F)C(=O)O. The number of aliphatic carboxylic acids is 1. The fourth-order valence-corrected chi connectivity index (χ4v) is 1.40. The Hall–Kier alpha value is -2.25. The van der Waals surface area contributed by atoms with E-state index in [1.807, 2.05) is 0 Å². The minimum Gasteiger partial charge on any atom is -0.481 e. The highest BCUT2D eigenvalue weighted by atomic mass is 19.3. The molecule has 0 saturated carbocycles. The summed E-state index contributed by atoms with van der Waals surface area (Å²) in [6.45, 7) is 2.80. The van der Waals surface area contributed by atoms with Gasteiger partial charge in [-0.25, -0.2) is 8.78 Å². The lowest BCUT2D eigenvalue weighted by Gasteiger charge is -2.21. The first-order valence-corrected chi connectivity index (χ1v) is 5.69. The largest absolute Gasteiger partial charge is 0.481 e. The van der Waals surface area contributed by atoms with Crippen molar-refractivity contribution in [3.05, 3.63) is 33.9 Å². The molecule has 8 heteroatoms. The molecular formula is C12H14F2N2O4. The van der Waals surface area contributed by atoms with E-state index in [9.17, 15) is 23.7 Å². The average molecular weight is 288 g/mol. The molecule has 0 aliphatic heterocycles. The Bertz CT molecular complexity index is 532. The lowest BCUT2D eigenvalue weighted by Crippen LogP contribution is -2.32. The first-order chi connectivity index (χ1) is 9.15. The maximum absolute atomic E-state index is 12.9. The van der Waals surface area contributed by atoms with Crippen molar-refractivity contribution in [1.29, 1.82) is 0 Å². The lowest BCUT2D eigenvalue weighted by atomic mass is 9.93. The molecule has 6 nitrogen and oxygen atoms in total. The number of hydrogen-bond donors (Lipinski definition) is 2. The fourth-order valence-electron chi connectivity index (χ4n) is 1.40. The number of carboxylic acid groups (broad SMARTS) is 1. The highest BCUT2D eigenvalue weighted by Gasteiger charge is 2.27. The first kappa shape index (κ1) is 15.8. The zero-order chi connectivity index (χ0) is 15.5. The van der Waals surface area contributed by atoms with Gasteiger partial charge in [0.25, 0.3) is 12.1 Å². The van der Waals surface area contributed by atoms with Gasteiger partial charge in [-0.15, -0.1) is 0 Å². The van der Waals surface area contributed by atoms with Gasteiger partial charge in [0.15, 0.2) is 0 Å². The van der Waals surface area contributed by atoms with E-state index >= 15 is 0 Å². The molecule has 20 heavy (non-hydrogen) atoms. The normalized spacial score (nSPS) is 11.4. The number of hydrogen-bond acceptors (Lipinski definition) is 4. The number of carboxylic acids is 1. The lowest BCUT2D eigenvalue weighted by molar-refractivity contribution is -0.385. The van der Waals surface area contributed by atoms with E-state index in [0.717, 1.165) is 18.2 Å². The minimum absolute atomic E-state index is 0.0140. The molecule has 0 bridgehead atoms. The van der Waals surface area contributed by atoms with E-state index in [2.05, 4.69) is 5.32 Å². The molecule has 0 atom stereocenters. The predicted octanol–water partition coefficient (Wildman–Crippen LogP) is 3.06. The molecule has 0 amide bonds. The van der Waals surface area contributed by atoms with Crippen molar-refractivity contribution in [3.8, 4) is 0 Å². The molecule has 0 aromatic heterocycles. The second-order valence-electron chi connectivity index (χ2n) is 4.87. The first-order valence-electron chi connectivity index (χ1n) is 5.69. The molecule has 0 unspecified atom stereocenters. The van der Waals surface area contributed by atoms with Crippen LogP contribution in [0.4, 0.5) is 20.2 Å². The summed E-state index contributed by atoms with van der Waals surface area (Å²) in [6.07, 6.45) is -2.90. The summed E-state index contributed by atoms with van der Waals surface area (Å²) in [7, 11) is 0. The van der Waals surface area contributed by atoms with Gasteiger partial charge in [0.05, 0.1) is 10.3 Å². The maximum Gasteiger partial charge on any atom is 0.310 e. The Balaban J connectivity index is 3.01. The van der Waals surface area contributed by atoms with E-state index in [1.54, 1.807) is 0 Å². The van der Waals surface area contributed by atoms with Gasteiger partial charge in [0.1, 0.15) is 0 Å². The summed E-state index contributed by atoms with van der Waals surface area (Å²) in [5.41, 5.74) is -2.13. The van der Waals surface area contributed by atoms with Crippen molar-refractivity contribution in [1.82, 2.24) is 0 Å². The summed E-state index contributed by atoms with van der Waals surface area (Å²) in [5, 5.41) is 22.1. The Kier molecular flexibility index (Phi) is 4.59. The molecule has 0 radical (unpaired) electrons. The van der Waals surface area contributed by atoms with Crippen LogP contribution in [0.2, 0.25) is 0 Å². The van der Waals surface area contributed by atoms with Crippen LogP contribution in [-0.2, 0) is 4.79 Å². The van der Waals surface area contributed by atoms with Gasteiger partial charge >= 0.3 is 5.97 Å². The summed E-state index contributed by atoms with van der Waals surface area (Å²) in [5.74, 6) is -1.08. The van der Waals surface area contributed by atoms with Crippen LogP contribution in [0.1, 0.15) is 25.8 Å². The molecule has 0 heterocycles. The molecule has 1 rings (SSSR count). The molecule has 0 fully saturated rings. The van der Waals surface area contributed by atoms with Crippen molar-refractivity contribution in [3.63, 3.8) is 0 Å². The third kappa shape index (κ3) is 3.62. The number of anilines is 1. The monoisotopic (exact) mass is 288 g/mol. The van der Waals surface area contributed by atoms with Crippen molar-refractivity contribution in [2.45, 2.75) is 20.3 Å². The Morgan fingerprint density at radius 2 is 2.10 bits per heavy atom. The third-order valence-corrected chi connectivity index (χ3v) is 2.78. The van der Waals surface area contributed by atoms with Gasteiger partial charge in [-0.2, -0.15) is 0 Å². The van der Waals surface area contributed by atoms with E-state index in [-0.39, 0.29) is 12.2 Å². The smallest absolute Gasteiger partial charge is 0.310 e. The van der Waals surface area contributed by atoms with Crippen LogP contribution in [0.25, 0.3) is 0 Å². The Labute approximate surface area is 113 Å². The van der Waals surface area contributed by atoms with Gasteiger partial charge < -0.3 is 10.4 Å². The summed E-state index contributed by atoms with van der Waals surface area (Å²) >= 11 is 0. The fraction of sp³-hybridized carbons (Fsp3) is 0.417. The second-order valence-corrected chi connectivity index (χ2v) is 4.87. The quantitative estimate of drug-likeness (QED) is 0.620. The van der Waals surface area contributed by atoms with E-state index < -0.39 is 34.0 Å². The van der Waals surface area contributed by atoms with Gasteiger partial charge in [0, 0.05) is 29.9 Å². The van der Waals surface area contributed by atoms with Crippen LogP contribution in [0.3, 0.4) is 0 Å².